The van der Waals surface area contributed by atoms with E-state index >= 15 is 0 Å². The molecule has 0 spiro atoms. The fourth-order valence-electron chi connectivity index (χ4n) is 2.73. The molecule has 0 unspecified atom stereocenters. The highest BCUT2D eigenvalue weighted by Crippen LogP contribution is 2.25. The molecule has 6 heteroatoms. The van der Waals surface area contributed by atoms with Crippen molar-refractivity contribution in [3.63, 3.8) is 0 Å². The molecule has 0 fully saturated rings. The van der Waals surface area contributed by atoms with Crippen LogP contribution >= 0.6 is 21.6 Å². The van der Waals surface area contributed by atoms with Crippen LogP contribution in [-0.4, -0.2) is 23.4 Å². The summed E-state index contributed by atoms with van der Waals surface area (Å²) in [6.45, 7) is 8.52. The predicted molar refractivity (Wildman–Crippen MR) is 134 cm³/mol. The third-order valence-electron chi connectivity index (χ3n) is 4.64. The molecule has 0 aliphatic heterocycles. The zero-order valence-electron chi connectivity index (χ0n) is 19.7. The van der Waals surface area contributed by atoms with E-state index in [1.807, 2.05) is 21.6 Å². The molecule has 176 valence electrons. The Morgan fingerprint density at radius 1 is 0.742 bits per heavy atom. The van der Waals surface area contributed by atoms with Gasteiger partial charge in [0.2, 0.25) is 0 Å². The lowest BCUT2D eigenvalue weighted by Crippen LogP contribution is -2.13. The number of ether oxygens (including phenoxy) is 2. The van der Waals surface area contributed by atoms with Crippen LogP contribution in [0.5, 0.6) is 11.5 Å². The van der Waals surface area contributed by atoms with Gasteiger partial charge in [-0.1, -0.05) is 75.0 Å². The Morgan fingerprint density at radius 3 is 1.71 bits per heavy atom. The van der Waals surface area contributed by atoms with Crippen LogP contribution in [0.15, 0.2) is 24.3 Å². The Morgan fingerprint density at radius 2 is 1.23 bits per heavy atom. The molecule has 0 N–H and O–H groups in total. The molecule has 1 aromatic rings. The van der Waals surface area contributed by atoms with Crippen molar-refractivity contribution in [1.82, 2.24) is 0 Å². The van der Waals surface area contributed by atoms with E-state index in [2.05, 4.69) is 27.7 Å². The Bertz CT molecular complexity index is 623. The first-order valence-corrected chi connectivity index (χ1v) is 14.0. The molecular weight excluding hydrogens is 428 g/mol. The molecule has 0 aromatic heterocycles. The maximum atomic E-state index is 12.0. The number of carbonyl (C=O) groups excluding carboxylic acids is 2. The van der Waals surface area contributed by atoms with E-state index in [1.165, 1.54) is 31.4 Å². The van der Waals surface area contributed by atoms with Crippen molar-refractivity contribution < 1.29 is 19.1 Å². The topological polar surface area (TPSA) is 52.6 Å². The molecule has 0 saturated heterocycles. The first kappa shape index (κ1) is 27.9. The Balaban J connectivity index is 2.11. The summed E-state index contributed by atoms with van der Waals surface area (Å²) in [5, 5.41) is 0. The van der Waals surface area contributed by atoms with Crippen molar-refractivity contribution in [2.24, 2.45) is 5.41 Å². The first-order valence-electron chi connectivity index (χ1n) is 11.6. The number of hydrogen-bond acceptors (Lipinski definition) is 6. The van der Waals surface area contributed by atoms with E-state index in [-0.39, 0.29) is 17.4 Å². The van der Waals surface area contributed by atoms with E-state index in [0.717, 1.165) is 31.4 Å². The quantitative estimate of drug-likeness (QED) is 0.107. The number of unbranched alkanes of at least 4 members (excludes halogenated alkanes) is 5. The second kappa shape index (κ2) is 16.5. The van der Waals surface area contributed by atoms with Crippen LogP contribution in [0.4, 0.5) is 0 Å². The second-order valence-electron chi connectivity index (χ2n) is 9.00. The predicted octanol–water partition coefficient (Wildman–Crippen LogP) is 7.85. The molecule has 0 bridgehead atoms. The van der Waals surface area contributed by atoms with Crippen molar-refractivity contribution in [1.29, 1.82) is 0 Å². The van der Waals surface area contributed by atoms with Gasteiger partial charge in [0.25, 0.3) is 0 Å². The van der Waals surface area contributed by atoms with Crippen molar-refractivity contribution in [3.8, 4) is 11.5 Å². The minimum atomic E-state index is -0.243. The van der Waals surface area contributed by atoms with Crippen LogP contribution in [0, 0.1) is 5.41 Å². The summed E-state index contributed by atoms with van der Waals surface area (Å²) >= 11 is 0. The highest BCUT2D eigenvalue weighted by atomic mass is 33.1. The van der Waals surface area contributed by atoms with Crippen LogP contribution in [0.25, 0.3) is 0 Å². The Hall–Kier alpha value is -1.14. The van der Waals surface area contributed by atoms with Gasteiger partial charge in [-0.3, -0.25) is 9.59 Å². The highest BCUT2D eigenvalue weighted by Gasteiger charge is 2.14. The molecule has 1 rings (SSSR count). The van der Waals surface area contributed by atoms with E-state index in [0.29, 0.717) is 24.3 Å². The van der Waals surface area contributed by atoms with Crippen LogP contribution in [-0.2, 0) is 9.59 Å². The smallest absolute Gasteiger partial charge is 0.311 e. The molecular formula is C25H40O4S2. The van der Waals surface area contributed by atoms with Crippen LogP contribution < -0.4 is 9.47 Å². The average molecular weight is 469 g/mol. The van der Waals surface area contributed by atoms with Gasteiger partial charge in [-0.25, -0.2) is 0 Å². The Kier molecular flexibility index (Phi) is 14.8. The standard InChI is InChI=1S/C25H40O4S2/c1-5-6-7-10-19-30-31-20-11-8-9-12-23(26)28-21-13-15-22(16-14-21)29-24(27)17-18-25(2,3)4/h13-16H,5-12,17-20H2,1-4H3. The van der Waals surface area contributed by atoms with Gasteiger partial charge in [0.05, 0.1) is 0 Å². The summed E-state index contributed by atoms with van der Waals surface area (Å²) in [6, 6.07) is 6.65. The molecule has 0 heterocycles. The van der Waals surface area contributed by atoms with Gasteiger partial charge in [-0.05, 0) is 55.4 Å². The number of esters is 2. The van der Waals surface area contributed by atoms with Gasteiger partial charge >= 0.3 is 11.9 Å². The van der Waals surface area contributed by atoms with E-state index < -0.39 is 0 Å². The third-order valence-corrected chi connectivity index (χ3v) is 7.22. The van der Waals surface area contributed by atoms with Gasteiger partial charge in [0, 0.05) is 24.3 Å². The first-order chi connectivity index (χ1) is 14.8. The van der Waals surface area contributed by atoms with Crippen molar-refractivity contribution in [2.75, 3.05) is 11.5 Å². The third kappa shape index (κ3) is 16.2. The number of benzene rings is 1. The number of rotatable bonds is 16. The lowest BCUT2D eigenvalue weighted by molar-refractivity contribution is -0.135. The molecule has 0 aliphatic carbocycles. The minimum Gasteiger partial charge on any atom is -0.427 e. The van der Waals surface area contributed by atoms with Gasteiger partial charge < -0.3 is 9.47 Å². The lowest BCUT2D eigenvalue weighted by Gasteiger charge is -2.16. The second-order valence-corrected chi connectivity index (χ2v) is 11.7. The maximum absolute atomic E-state index is 12.0. The van der Waals surface area contributed by atoms with Crippen LogP contribution in [0.2, 0.25) is 0 Å². The zero-order chi connectivity index (χ0) is 23.0. The molecule has 0 radical (unpaired) electrons. The SMILES string of the molecule is CCCCCCSSCCCCCC(=O)Oc1ccc(OC(=O)CCC(C)(C)C)cc1. The van der Waals surface area contributed by atoms with E-state index in [9.17, 15) is 9.59 Å². The summed E-state index contributed by atoms with van der Waals surface area (Å²) in [4.78, 5) is 23.9. The fraction of sp³-hybridized carbons (Fsp3) is 0.680. The fourth-order valence-corrected chi connectivity index (χ4v) is 5.02. The summed E-state index contributed by atoms with van der Waals surface area (Å²) in [5.74, 6) is 2.88. The molecule has 0 atom stereocenters. The van der Waals surface area contributed by atoms with Crippen molar-refractivity contribution >= 4 is 33.5 Å². The van der Waals surface area contributed by atoms with E-state index in [4.69, 9.17) is 9.47 Å². The van der Waals surface area contributed by atoms with Gasteiger partial charge in [0.15, 0.2) is 0 Å². The summed E-state index contributed by atoms with van der Waals surface area (Å²) in [5.41, 5.74) is 0.1000. The van der Waals surface area contributed by atoms with Crippen molar-refractivity contribution in [2.45, 2.75) is 91.9 Å². The summed E-state index contributed by atoms with van der Waals surface area (Å²) in [6.07, 6.45) is 9.92. The minimum absolute atomic E-state index is 0.1000. The highest BCUT2D eigenvalue weighted by molar-refractivity contribution is 8.76. The maximum Gasteiger partial charge on any atom is 0.311 e. The molecule has 0 saturated carbocycles. The molecule has 0 amide bonds. The number of hydrogen-bond donors (Lipinski definition) is 0. The van der Waals surface area contributed by atoms with E-state index in [1.54, 1.807) is 24.3 Å². The molecule has 0 aliphatic rings. The van der Waals surface area contributed by atoms with Crippen LogP contribution in [0.1, 0.15) is 91.9 Å². The molecule has 4 nitrogen and oxygen atoms in total. The molecule has 1 aromatic carbocycles. The van der Waals surface area contributed by atoms with Crippen LogP contribution in [0.3, 0.4) is 0 Å². The lowest BCUT2D eigenvalue weighted by atomic mass is 9.91. The van der Waals surface area contributed by atoms with Gasteiger partial charge in [-0.15, -0.1) is 0 Å². The normalized spacial score (nSPS) is 11.4. The summed E-state index contributed by atoms with van der Waals surface area (Å²) in [7, 11) is 3.92. The molecule has 31 heavy (non-hydrogen) atoms. The average Bonchev–Trinajstić information content (AvgIpc) is 2.71. The van der Waals surface area contributed by atoms with Gasteiger partial charge in [-0.2, -0.15) is 0 Å². The monoisotopic (exact) mass is 468 g/mol. The van der Waals surface area contributed by atoms with Gasteiger partial charge in [0.1, 0.15) is 11.5 Å². The van der Waals surface area contributed by atoms with Crippen molar-refractivity contribution in [3.05, 3.63) is 24.3 Å². The zero-order valence-corrected chi connectivity index (χ0v) is 21.4. The summed E-state index contributed by atoms with van der Waals surface area (Å²) < 4.78 is 10.7. The number of carbonyl (C=O) groups is 2. The Labute approximate surface area is 197 Å². The largest absolute Gasteiger partial charge is 0.427 e.